The molecule has 0 radical (unpaired) electrons. The Morgan fingerprint density at radius 2 is 1.67 bits per heavy atom. The molecule has 0 spiro atoms. The zero-order valence-corrected chi connectivity index (χ0v) is 14.0. The van der Waals surface area contributed by atoms with E-state index in [1.54, 1.807) is 33.7 Å². The summed E-state index contributed by atoms with van der Waals surface area (Å²) in [5, 5.41) is 3.41. The van der Waals surface area contributed by atoms with Crippen LogP contribution in [0.4, 0.5) is 0 Å². The van der Waals surface area contributed by atoms with Crippen LogP contribution in [0.5, 0.6) is 17.2 Å². The van der Waals surface area contributed by atoms with Gasteiger partial charge < -0.3 is 19.5 Å². The molecule has 5 nitrogen and oxygen atoms in total. The summed E-state index contributed by atoms with van der Waals surface area (Å²) in [5.41, 5.74) is 4.34. The normalized spacial score (nSPS) is 15.0. The number of hydrogen-bond donors (Lipinski definition) is 1. The molecule has 2 heterocycles. The number of nitrogens with one attached hydrogen (secondary N) is 1. The van der Waals surface area contributed by atoms with Gasteiger partial charge in [-0.05, 0) is 47.6 Å². The predicted octanol–water partition coefficient (Wildman–Crippen LogP) is 3.14. The summed E-state index contributed by atoms with van der Waals surface area (Å²) in [6.45, 7) is 0.772. The van der Waals surface area contributed by atoms with Gasteiger partial charge >= 0.3 is 0 Å². The van der Waals surface area contributed by atoms with E-state index in [0.29, 0.717) is 17.2 Å². The number of methoxy groups -OCH3 is 3. The van der Waals surface area contributed by atoms with Crippen LogP contribution in [0.3, 0.4) is 0 Å². The lowest BCUT2D eigenvalue weighted by Crippen LogP contribution is -2.08. The average molecular weight is 324 g/mol. The fourth-order valence-corrected chi connectivity index (χ4v) is 2.67. The van der Waals surface area contributed by atoms with Crippen LogP contribution < -0.4 is 19.5 Å². The lowest BCUT2D eigenvalue weighted by Gasteiger charge is -2.14. The maximum Gasteiger partial charge on any atom is 0.203 e. The first-order chi connectivity index (χ1) is 11.7. The molecular formula is C19H20N2O3. The molecule has 1 aliphatic heterocycles. The first kappa shape index (κ1) is 15.9. The van der Waals surface area contributed by atoms with E-state index in [-0.39, 0.29) is 0 Å². The molecule has 0 fully saturated rings. The number of benzene rings is 1. The molecular weight excluding hydrogens is 304 g/mol. The van der Waals surface area contributed by atoms with Crippen LogP contribution in [0.2, 0.25) is 0 Å². The van der Waals surface area contributed by atoms with E-state index in [2.05, 4.69) is 22.5 Å². The van der Waals surface area contributed by atoms with Crippen LogP contribution in [0.25, 0.3) is 11.8 Å². The van der Waals surface area contributed by atoms with Crippen LogP contribution in [0.1, 0.15) is 11.1 Å². The Balaban J connectivity index is 1.95. The van der Waals surface area contributed by atoms with Gasteiger partial charge in [0.1, 0.15) is 0 Å². The molecule has 0 saturated carbocycles. The molecule has 124 valence electrons. The quantitative estimate of drug-likeness (QED) is 0.916. The van der Waals surface area contributed by atoms with Gasteiger partial charge in [0.05, 0.1) is 21.3 Å². The minimum Gasteiger partial charge on any atom is -0.493 e. The molecule has 2 aromatic rings. The Hall–Kier alpha value is -2.95. The molecule has 1 aromatic carbocycles. The van der Waals surface area contributed by atoms with Crippen molar-refractivity contribution in [3.05, 3.63) is 59.4 Å². The highest BCUT2D eigenvalue weighted by molar-refractivity contribution is 5.76. The highest BCUT2D eigenvalue weighted by Crippen LogP contribution is 2.40. The van der Waals surface area contributed by atoms with Crippen LogP contribution in [-0.2, 0) is 0 Å². The first-order valence-electron chi connectivity index (χ1n) is 7.61. The van der Waals surface area contributed by atoms with Crippen molar-refractivity contribution < 1.29 is 14.2 Å². The molecule has 0 amide bonds. The van der Waals surface area contributed by atoms with Crippen molar-refractivity contribution >= 4 is 11.8 Å². The Kier molecular flexibility index (Phi) is 4.70. The summed E-state index contributed by atoms with van der Waals surface area (Å²) in [6.07, 6.45) is 7.85. The second-order valence-electron chi connectivity index (χ2n) is 5.33. The average Bonchev–Trinajstić information content (AvgIpc) is 3.09. The van der Waals surface area contributed by atoms with Crippen molar-refractivity contribution in [1.82, 2.24) is 10.3 Å². The molecule has 3 rings (SSSR count). The van der Waals surface area contributed by atoms with Gasteiger partial charge in [-0.25, -0.2) is 0 Å². The van der Waals surface area contributed by atoms with Gasteiger partial charge in [0.15, 0.2) is 11.5 Å². The first-order valence-corrected chi connectivity index (χ1v) is 7.61. The third kappa shape index (κ3) is 3.20. The molecule has 24 heavy (non-hydrogen) atoms. The molecule has 0 bridgehead atoms. The number of rotatable bonds is 5. The fourth-order valence-electron chi connectivity index (χ4n) is 2.67. The standard InChI is InChI=1S/C19H20N2O3/c1-22-17-10-15(11-18(23-2)19(17)24-3)16-9-14(12-21-16)8-13-4-6-20-7-5-13/h4-11,21H,12H2,1-3H3/b14-8-. The summed E-state index contributed by atoms with van der Waals surface area (Å²) in [7, 11) is 4.83. The summed E-state index contributed by atoms with van der Waals surface area (Å²) in [5.74, 6) is 1.87. The highest BCUT2D eigenvalue weighted by Gasteiger charge is 2.17. The minimum absolute atomic E-state index is 0.592. The van der Waals surface area contributed by atoms with Crippen LogP contribution in [-0.4, -0.2) is 32.9 Å². The lowest BCUT2D eigenvalue weighted by molar-refractivity contribution is 0.324. The zero-order chi connectivity index (χ0) is 16.9. The Morgan fingerprint density at radius 1 is 1.00 bits per heavy atom. The predicted molar refractivity (Wildman–Crippen MR) is 94.3 cm³/mol. The molecule has 0 aliphatic carbocycles. The molecule has 1 N–H and O–H groups in total. The Morgan fingerprint density at radius 3 is 2.25 bits per heavy atom. The number of ether oxygens (including phenoxy) is 3. The molecule has 5 heteroatoms. The van der Waals surface area contributed by atoms with E-state index in [0.717, 1.165) is 23.4 Å². The topological polar surface area (TPSA) is 52.6 Å². The van der Waals surface area contributed by atoms with Crippen LogP contribution in [0.15, 0.2) is 48.3 Å². The van der Waals surface area contributed by atoms with E-state index in [1.807, 2.05) is 24.3 Å². The largest absolute Gasteiger partial charge is 0.493 e. The molecule has 0 saturated heterocycles. The van der Waals surface area contributed by atoms with Crippen LogP contribution in [0, 0.1) is 0 Å². The maximum absolute atomic E-state index is 5.42. The summed E-state index contributed by atoms with van der Waals surface area (Å²) < 4.78 is 16.2. The molecule has 0 atom stereocenters. The van der Waals surface area contributed by atoms with Crippen molar-refractivity contribution in [2.45, 2.75) is 0 Å². The summed E-state index contributed by atoms with van der Waals surface area (Å²) in [4.78, 5) is 4.04. The minimum atomic E-state index is 0.592. The monoisotopic (exact) mass is 324 g/mol. The smallest absolute Gasteiger partial charge is 0.203 e. The van der Waals surface area contributed by atoms with Crippen molar-refractivity contribution in [2.24, 2.45) is 0 Å². The third-order valence-electron chi connectivity index (χ3n) is 3.85. The second-order valence-corrected chi connectivity index (χ2v) is 5.33. The maximum atomic E-state index is 5.42. The van der Waals surface area contributed by atoms with Crippen molar-refractivity contribution in [3.8, 4) is 17.2 Å². The van der Waals surface area contributed by atoms with Crippen molar-refractivity contribution in [1.29, 1.82) is 0 Å². The van der Waals surface area contributed by atoms with E-state index < -0.39 is 0 Å². The van der Waals surface area contributed by atoms with Crippen molar-refractivity contribution in [2.75, 3.05) is 27.9 Å². The van der Waals surface area contributed by atoms with E-state index in [9.17, 15) is 0 Å². The molecule has 1 aromatic heterocycles. The number of pyridine rings is 1. The van der Waals surface area contributed by atoms with Gasteiger partial charge in [-0.3, -0.25) is 4.98 Å². The summed E-state index contributed by atoms with van der Waals surface area (Å²) >= 11 is 0. The molecule has 1 aliphatic rings. The van der Waals surface area contributed by atoms with Gasteiger partial charge in [0.25, 0.3) is 0 Å². The Bertz CT molecular complexity index is 757. The van der Waals surface area contributed by atoms with E-state index >= 15 is 0 Å². The van der Waals surface area contributed by atoms with Gasteiger partial charge in [-0.2, -0.15) is 0 Å². The molecule has 0 unspecified atom stereocenters. The number of hydrogen-bond acceptors (Lipinski definition) is 5. The second kappa shape index (κ2) is 7.08. The SMILES string of the molecule is COc1cc(C2=C/C(=C/c3ccncc3)CN2)cc(OC)c1OC. The Labute approximate surface area is 141 Å². The van der Waals surface area contributed by atoms with Gasteiger partial charge in [-0.15, -0.1) is 0 Å². The fraction of sp³-hybridized carbons (Fsp3) is 0.211. The van der Waals surface area contributed by atoms with Gasteiger partial charge in [-0.1, -0.05) is 0 Å². The van der Waals surface area contributed by atoms with Crippen molar-refractivity contribution in [3.63, 3.8) is 0 Å². The zero-order valence-electron chi connectivity index (χ0n) is 14.0. The summed E-state index contributed by atoms with van der Waals surface area (Å²) in [6, 6.07) is 7.85. The van der Waals surface area contributed by atoms with Crippen LogP contribution >= 0.6 is 0 Å². The van der Waals surface area contributed by atoms with Gasteiger partial charge in [0.2, 0.25) is 5.75 Å². The lowest BCUT2D eigenvalue weighted by atomic mass is 10.1. The highest BCUT2D eigenvalue weighted by atomic mass is 16.5. The number of aromatic nitrogens is 1. The van der Waals surface area contributed by atoms with E-state index in [1.165, 1.54) is 5.57 Å². The number of nitrogens with zero attached hydrogens (tertiary/aromatic N) is 1. The van der Waals surface area contributed by atoms with E-state index in [4.69, 9.17) is 14.2 Å². The van der Waals surface area contributed by atoms with Gasteiger partial charge in [0, 0.05) is 30.2 Å². The third-order valence-corrected chi connectivity index (χ3v) is 3.85.